The molecule has 0 saturated carbocycles. The number of carbonyl (C=O) groups is 1. The molecule has 1 aromatic carbocycles. The van der Waals surface area contributed by atoms with Crippen molar-refractivity contribution in [3.8, 4) is 0 Å². The van der Waals surface area contributed by atoms with Crippen LogP contribution in [0.25, 0.3) is 0 Å². The maximum absolute atomic E-state index is 11.9. The molecule has 23 heavy (non-hydrogen) atoms. The van der Waals surface area contributed by atoms with Crippen LogP contribution in [-0.2, 0) is 23.4 Å². The average molecular weight is 337 g/mol. The largest absolute Gasteiger partial charge is 0.334 e. The van der Waals surface area contributed by atoms with Crippen molar-refractivity contribution in [3.05, 3.63) is 42.0 Å². The molecule has 0 aliphatic carbocycles. The van der Waals surface area contributed by atoms with Gasteiger partial charge in [-0.3, -0.25) is 0 Å². The van der Waals surface area contributed by atoms with E-state index in [9.17, 15) is 13.2 Å². The molecule has 1 heterocycles. The van der Waals surface area contributed by atoms with Crippen molar-refractivity contribution in [2.24, 2.45) is 7.05 Å². The lowest BCUT2D eigenvalue weighted by molar-refractivity contribution is 0.237. The quantitative estimate of drug-likeness (QED) is 0.838. The van der Waals surface area contributed by atoms with Crippen LogP contribution in [0.5, 0.6) is 0 Å². The average Bonchev–Trinajstić information content (AvgIpc) is 2.91. The van der Waals surface area contributed by atoms with Crippen LogP contribution in [-0.4, -0.2) is 35.5 Å². The van der Waals surface area contributed by atoms with E-state index in [1.54, 1.807) is 30.1 Å². The summed E-state index contributed by atoms with van der Waals surface area (Å²) in [7, 11) is -1.41. The Morgan fingerprint density at radius 1 is 1.30 bits per heavy atom. The third kappa shape index (κ3) is 4.52. The second-order valence-electron chi connectivity index (χ2n) is 5.26. The molecule has 0 bridgehead atoms. The van der Waals surface area contributed by atoms with Crippen LogP contribution in [0, 0.1) is 0 Å². The standard InChI is InChI=1S/C14H19N5O3S/c1-10(13-18-16-9-19(13)2)17-14(20)15-8-11-4-6-12(7-5-11)23(3,21)22/h4-7,9-10H,8H2,1-3H3,(H2,15,17,20)/t10-/m1/s1. The van der Waals surface area contributed by atoms with E-state index in [4.69, 9.17) is 0 Å². The number of amides is 2. The number of benzene rings is 1. The molecule has 0 spiro atoms. The van der Waals surface area contributed by atoms with Crippen molar-refractivity contribution in [1.82, 2.24) is 25.4 Å². The number of nitrogens with one attached hydrogen (secondary N) is 2. The highest BCUT2D eigenvalue weighted by molar-refractivity contribution is 7.90. The van der Waals surface area contributed by atoms with Gasteiger partial charge in [0.1, 0.15) is 6.33 Å². The number of urea groups is 1. The van der Waals surface area contributed by atoms with E-state index in [2.05, 4.69) is 20.8 Å². The summed E-state index contributed by atoms with van der Waals surface area (Å²) in [6, 6.07) is 5.76. The number of aromatic nitrogens is 3. The molecule has 0 fully saturated rings. The highest BCUT2D eigenvalue weighted by Gasteiger charge is 2.14. The van der Waals surface area contributed by atoms with E-state index in [-0.39, 0.29) is 17.0 Å². The van der Waals surface area contributed by atoms with Gasteiger partial charge in [0, 0.05) is 19.8 Å². The van der Waals surface area contributed by atoms with E-state index < -0.39 is 9.84 Å². The number of carbonyl (C=O) groups excluding carboxylic acids is 1. The molecule has 0 unspecified atom stereocenters. The molecule has 2 amide bonds. The van der Waals surface area contributed by atoms with Gasteiger partial charge in [-0.15, -0.1) is 10.2 Å². The molecule has 2 N–H and O–H groups in total. The monoisotopic (exact) mass is 337 g/mol. The third-order valence-electron chi connectivity index (χ3n) is 3.29. The predicted octanol–water partition coefficient (Wildman–Crippen LogP) is 0.779. The topological polar surface area (TPSA) is 106 Å². The maximum atomic E-state index is 11.9. The fourth-order valence-corrected chi connectivity index (χ4v) is 2.66. The van der Waals surface area contributed by atoms with Crippen molar-refractivity contribution in [2.45, 2.75) is 24.4 Å². The summed E-state index contributed by atoms with van der Waals surface area (Å²) in [5.41, 5.74) is 0.805. The van der Waals surface area contributed by atoms with Crippen LogP contribution in [0.4, 0.5) is 4.79 Å². The van der Waals surface area contributed by atoms with Gasteiger partial charge in [0.15, 0.2) is 15.7 Å². The van der Waals surface area contributed by atoms with E-state index in [0.29, 0.717) is 12.4 Å². The van der Waals surface area contributed by atoms with Gasteiger partial charge in [0.25, 0.3) is 0 Å². The summed E-state index contributed by atoms with van der Waals surface area (Å²) in [4.78, 5) is 12.1. The van der Waals surface area contributed by atoms with Gasteiger partial charge >= 0.3 is 6.03 Å². The minimum Gasteiger partial charge on any atom is -0.334 e. The molecule has 0 aliphatic rings. The fraction of sp³-hybridized carbons (Fsp3) is 0.357. The molecule has 124 valence electrons. The number of hydrogen-bond acceptors (Lipinski definition) is 5. The molecular weight excluding hydrogens is 318 g/mol. The van der Waals surface area contributed by atoms with Gasteiger partial charge in [-0.25, -0.2) is 13.2 Å². The molecule has 2 rings (SSSR count). The van der Waals surface area contributed by atoms with Gasteiger partial charge in [-0.1, -0.05) is 12.1 Å². The lowest BCUT2D eigenvalue weighted by atomic mass is 10.2. The Balaban J connectivity index is 1.88. The van der Waals surface area contributed by atoms with E-state index >= 15 is 0 Å². The Morgan fingerprint density at radius 3 is 2.48 bits per heavy atom. The summed E-state index contributed by atoms with van der Waals surface area (Å²) >= 11 is 0. The number of nitrogens with zero attached hydrogens (tertiary/aromatic N) is 3. The molecule has 2 aromatic rings. The van der Waals surface area contributed by atoms with Crippen LogP contribution in [0.2, 0.25) is 0 Å². The molecule has 9 heteroatoms. The molecule has 1 aromatic heterocycles. The van der Waals surface area contributed by atoms with Gasteiger partial charge in [0.05, 0.1) is 10.9 Å². The maximum Gasteiger partial charge on any atom is 0.315 e. The Morgan fingerprint density at radius 2 is 1.96 bits per heavy atom. The van der Waals surface area contributed by atoms with Crippen LogP contribution in [0.1, 0.15) is 24.4 Å². The normalized spacial score (nSPS) is 12.7. The summed E-state index contributed by atoms with van der Waals surface area (Å²) in [6.07, 6.45) is 2.72. The molecule has 0 radical (unpaired) electrons. The number of sulfone groups is 1. The zero-order valence-electron chi connectivity index (χ0n) is 13.1. The first-order valence-electron chi connectivity index (χ1n) is 6.94. The molecule has 0 aliphatic heterocycles. The highest BCUT2D eigenvalue weighted by Crippen LogP contribution is 2.10. The Bertz CT molecular complexity index is 783. The smallest absolute Gasteiger partial charge is 0.315 e. The Kier molecular flexibility index (Phi) is 4.99. The van der Waals surface area contributed by atoms with Crippen LogP contribution in [0.3, 0.4) is 0 Å². The van der Waals surface area contributed by atoms with Crippen LogP contribution < -0.4 is 10.6 Å². The molecule has 0 saturated heterocycles. The highest BCUT2D eigenvalue weighted by atomic mass is 32.2. The zero-order valence-corrected chi connectivity index (χ0v) is 14.0. The summed E-state index contributed by atoms with van der Waals surface area (Å²) in [5, 5.41) is 13.2. The van der Waals surface area contributed by atoms with Crippen molar-refractivity contribution in [2.75, 3.05) is 6.26 Å². The summed E-state index contributed by atoms with van der Waals surface area (Å²) < 4.78 is 24.5. The third-order valence-corrected chi connectivity index (χ3v) is 4.41. The van der Waals surface area contributed by atoms with Gasteiger partial charge in [-0.05, 0) is 24.6 Å². The molecular formula is C14H19N5O3S. The van der Waals surface area contributed by atoms with Crippen LogP contribution >= 0.6 is 0 Å². The lowest BCUT2D eigenvalue weighted by Gasteiger charge is -2.14. The number of rotatable bonds is 5. The van der Waals surface area contributed by atoms with Gasteiger partial charge < -0.3 is 15.2 Å². The first kappa shape index (κ1) is 16.9. The van der Waals surface area contributed by atoms with Crippen molar-refractivity contribution in [1.29, 1.82) is 0 Å². The number of hydrogen-bond donors (Lipinski definition) is 2. The lowest BCUT2D eigenvalue weighted by Crippen LogP contribution is -2.37. The molecule has 8 nitrogen and oxygen atoms in total. The van der Waals surface area contributed by atoms with Crippen molar-refractivity contribution >= 4 is 15.9 Å². The zero-order chi connectivity index (χ0) is 17.0. The minimum atomic E-state index is -3.21. The Hall–Kier alpha value is -2.42. The first-order valence-corrected chi connectivity index (χ1v) is 8.84. The van der Waals surface area contributed by atoms with E-state index in [0.717, 1.165) is 11.8 Å². The Labute approximate surface area is 134 Å². The van der Waals surface area contributed by atoms with Crippen molar-refractivity contribution < 1.29 is 13.2 Å². The summed E-state index contributed by atoms with van der Waals surface area (Å²) in [6.45, 7) is 2.10. The number of aryl methyl sites for hydroxylation is 1. The second-order valence-corrected chi connectivity index (χ2v) is 7.28. The van der Waals surface area contributed by atoms with Crippen LogP contribution in [0.15, 0.2) is 35.5 Å². The van der Waals surface area contributed by atoms with Gasteiger partial charge in [0.2, 0.25) is 0 Å². The molecule has 1 atom stereocenters. The SMILES string of the molecule is C[C@@H](NC(=O)NCc1ccc(S(C)(=O)=O)cc1)c1nncn1C. The predicted molar refractivity (Wildman–Crippen MR) is 84.3 cm³/mol. The van der Waals surface area contributed by atoms with E-state index in [1.165, 1.54) is 12.1 Å². The van der Waals surface area contributed by atoms with Crippen molar-refractivity contribution in [3.63, 3.8) is 0 Å². The van der Waals surface area contributed by atoms with Gasteiger partial charge in [-0.2, -0.15) is 0 Å². The first-order chi connectivity index (χ1) is 10.8. The summed E-state index contributed by atoms with van der Waals surface area (Å²) in [5.74, 6) is 0.651. The van der Waals surface area contributed by atoms with E-state index in [1.807, 2.05) is 6.92 Å². The fourth-order valence-electron chi connectivity index (χ4n) is 2.03. The minimum absolute atomic E-state index is 0.251. The second kappa shape index (κ2) is 6.78.